The zero-order chi connectivity index (χ0) is 45.2. The van der Waals surface area contributed by atoms with E-state index in [1.54, 1.807) is 18.6 Å². The van der Waals surface area contributed by atoms with E-state index in [-0.39, 0.29) is 18.9 Å². The van der Waals surface area contributed by atoms with Gasteiger partial charge in [0.05, 0.1) is 45.7 Å². The first-order chi connectivity index (χ1) is 29.8. The number of aldehydes is 3. The Morgan fingerprint density at radius 3 is 1.35 bits per heavy atom. The van der Waals surface area contributed by atoms with Crippen molar-refractivity contribution in [3.8, 4) is 0 Å². The molecule has 9 rings (SSSR count). The van der Waals surface area contributed by atoms with Crippen LogP contribution in [0.5, 0.6) is 0 Å². The van der Waals surface area contributed by atoms with Crippen LogP contribution in [0.4, 0.5) is 11.4 Å². The molecule has 62 heavy (non-hydrogen) atoms. The molecule has 0 amide bonds. The predicted molar refractivity (Wildman–Crippen MR) is 236 cm³/mol. The number of Topliss-reactive ketones (excluding diaryl/α,β-unsaturated/α-hetero) is 1. The van der Waals surface area contributed by atoms with Crippen LogP contribution in [0, 0.1) is 6.92 Å². The smallest absolute Gasteiger partial charge is 0.192 e. The topological polar surface area (TPSA) is 282 Å². The number of aliphatic hydroxyl groups excluding tert-OH is 5. The second-order valence-electron chi connectivity index (χ2n) is 13.5. The Morgan fingerprint density at radius 1 is 0.613 bits per heavy atom. The minimum Gasteiger partial charge on any atom is -0.397 e. The SMILES string of the molecule is CC(=O)C=O.Cc1cnc2cc3ccccc3cc2n1.Nc1cc2ccccc2cc1N.O=CC=O.OC[C@H]1O[C@H](O)[C@H](O)[C@@H](O)[C@@H]1O.c1ccc2cc3nccnc3cc2c1. The summed E-state index contributed by atoms with van der Waals surface area (Å²) < 4.78 is 4.58. The number of nitrogens with zero attached hydrogens (tertiary/aromatic N) is 4. The summed E-state index contributed by atoms with van der Waals surface area (Å²) in [6.45, 7) is 2.65. The Labute approximate surface area is 355 Å². The van der Waals surface area contributed by atoms with Crippen molar-refractivity contribution in [3.63, 3.8) is 0 Å². The van der Waals surface area contributed by atoms with Crippen molar-refractivity contribution in [2.24, 2.45) is 0 Å². The molecule has 3 heterocycles. The lowest BCUT2D eigenvalue weighted by Crippen LogP contribution is -2.58. The fourth-order valence-electron chi connectivity index (χ4n) is 5.80. The molecule has 1 saturated heterocycles. The first-order valence-electron chi connectivity index (χ1n) is 18.9. The van der Waals surface area contributed by atoms with Gasteiger partial charge in [-0.25, -0.2) is 4.98 Å². The molecule has 8 aromatic rings. The predicted octanol–water partition coefficient (Wildman–Crippen LogP) is 3.82. The molecular formula is C46H46N6O10. The molecule has 1 fully saturated rings. The van der Waals surface area contributed by atoms with E-state index in [0.717, 1.165) is 38.5 Å². The highest BCUT2D eigenvalue weighted by atomic mass is 16.6. The maximum absolute atomic E-state index is 9.44. The number of hydrogen-bond acceptors (Lipinski definition) is 16. The fraction of sp³-hybridized carbons (Fsp3) is 0.174. The number of carbonyl (C=O) groups excluding carboxylic acids is 4. The largest absolute Gasteiger partial charge is 0.397 e. The molecule has 5 atom stereocenters. The lowest BCUT2D eigenvalue weighted by atomic mass is 10.00. The number of hydrogen-bond donors (Lipinski definition) is 7. The van der Waals surface area contributed by atoms with Crippen LogP contribution in [0.3, 0.4) is 0 Å². The van der Waals surface area contributed by atoms with Crippen molar-refractivity contribution in [2.75, 3.05) is 18.1 Å². The van der Waals surface area contributed by atoms with Crippen molar-refractivity contribution in [3.05, 3.63) is 133 Å². The van der Waals surface area contributed by atoms with Gasteiger partial charge in [0.15, 0.2) is 30.9 Å². The van der Waals surface area contributed by atoms with Crippen molar-refractivity contribution in [1.82, 2.24) is 19.9 Å². The highest BCUT2D eigenvalue weighted by Gasteiger charge is 2.42. The molecule has 320 valence electrons. The minimum absolute atomic E-state index is 0.194. The third-order valence-corrected chi connectivity index (χ3v) is 8.91. The maximum Gasteiger partial charge on any atom is 0.192 e. The van der Waals surface area contributed by atoms with Gasteiger partial charge in [0.25, 0.3) is 0 Å². The monoisotopic (exact) mass is 842 g/mol. The van der Waals surface area contributed by atoms with Crippen LogP contribution in [-0.2, 0) is 23.9 Å². The van der Waals surface area contributed by atoms with E-state index in [0.29, 0.717) is 11.4 Å². The normalized spacial score (nSPS) is 17.5. The van der Waals surface area contributed by atoms with Crippen LogP contribution >= 0.6 is 0 Å². The third-order valence-electron chi connectivity index (χ3n) is 8.91. The summed E-state index contributed by atoms with van der Waals surface area (Å²) in [5.41, 5.74) is 17.4. The molecular weight excluding hydrogens is 797 g/mol. The van der Waals surface area contributed by atoms with Crippen LogP contribution in [0.2, 0.25) is 0 Å². The van der Waals surface area contributed by atoms with Gasteiger partial charge in [-0.05, 0) is 75.6 Å². The van der Waals surface area contributed by atoms with E-state index in [9.17, 15) is 4.79 Å². The van der Waals surface area contributed by atoms with Gasteiger partial charge in [-0.3, -0.25) is 34.1 Å². The summed E-state index contributed by atoms with van der Waals surface area (Å²) in [5, 5.41) is 51.8. The van der Waals surface area contributed by atoms with Crippen molar-refractivity contribution >= 4 is 90.4 Å². The Hall–Kier alpha value is -7.18. The Balaban J connectivity index is 0.000000171. The Bertz CT molecular complexity index is 2600. The number of carbonyl (C=O) groups is 4. The van der Waals surface area contributed by atoms with Crippen LogP contribution < -0.4 is 11.5 Å². The second kappa shape index (κ2) is 23.6. The van der Waals surface area contributed by atoms with Gasteiger partial charge in [0, 0.05) is 25.5 Å². The molecule has 6 aromatic carbocycles. The average Bonchev–Trinajstić information content (AvgIpc) is 3.29. The number of aryl methyl sites for hydroxylation is 1. The van der Waals surface area contributed by atoms with Gasteiger partial charge in [-0.15, -0.1) is 0 Å². The zero-order valence-electron chi connectivity index (χ0n) is 33.7. The summed E-state index contributed by atoms with van der Waals surface area (Å²) in [5.74, 6) is -0.426. The maximum atomic E-state index is 9.44. The average molecular weight is 843 g/mol. The lowest BCUT2D eigenvalue weighted by Gasteiger charge is -2.37. The molecule has 2 aromatic heterocycles. The highest BCUT2D eigenvalue weighted by molar-refractivity contribution is 6.23. The van der Waals surface area contributed by atoms with Gasteiger partial charge in [-0.1, -0.05) is 72.8 Å². The van der Waals surface area contributed by atoms with E-state index >= 15 is 0 Å². The molecule has 0 bridgehead atoms. The van der Waals surface area contributed by atoms with Crippen molar-refractivity contribution in [1.29, 1.82) is 0 Å². The standard InChI is InChI=1S/C13H10N2.C12H8N2.C10H10N2.C6H12O6.C3H4O2.C2H2O2/c1-9-8-14-12-6-10-4-2-3-5-11(10)7-13(12)15-9;1-2-4-10-8-12-11(7-9(10)3-1)13-5-6-14-12;11-9-5-7-3-1-2-4-8(7)6-10(9)12;7-1-2-3(8)4(9)5(10)6(11)12-2;1-3(5)2-4;3-1-2-4/h2-8H,1H3;1-8H;1-6H,11-12H2;2-11H,1H2;2H,1H3;1-2H/t;;;2-,3-,4+,5-,6+;;/m...1../s1. The summed E-state index contributed by atoms with van der Waals surface area (Å²) in [6, 6.07) is 36.6. The summed E-state index contributed by atoms with van der Waals surface area (Å²) in [4.78, 5) is 53.6. The number of ketones is 1. The van der Waals surface area contributed by atoms with Crippen LogP contribution in [0.15, 0.2) is 128 Å². The summed E-state index contributed by atoms with van der Waals surface area (Å²) in [6.07, 6.45) is -1.13. The first kappa shape index (κ1) is 47.5. The number of aromatic nitrogens is 4. The summed E-state index contributed by atoms with van der Waals surface area (Å²) in [7, 11) is 0. The molecule has 0 spiro atoms. The number of fused-ring (bicyclic) bond motifs is 5. The van der Waals surface area contributed by atoms with Crippen LogP contribution in [0.25, 0.3) is 54.4 Å². The van der Waals surface area contributed by atoms with Crippen molar-refractivity contribution in [2.45, 2.75) is 44.6 Å². The number of ether oxygens (including phenoxy) is 1. The number of nitrogens with two attached hydrogens (primary N) is 2. The number of nitrogen functional groups attached to an aromatic ring is 2. The van der Waals surface area contributed by atoms with E-state index in [2.05, 4.69) is 73.2 Å². The molecule has 0 aliphatic carbocycles. The molecule has 16 heteroatoms. The van der Waals surface area contributed by atoms with Crippen molar-refractivity contribution < 1.29 is 49.4 Å². The number of aliphatic hydroxyl groups is 5. The number of benzene rings is 6. The molecule has 9 N–H and O–H groups in total. The number of anilines is 2. The lowest BCUT2D eigenvalue weighted by molar-refractivity contribution is -0.286. The second-order valence-corrected chi connectivity index (χ2v) is 13.5. The first-order valence-corrected chi connectivity index (χ1v) is 18.9. The van der Waals surface area contributed by atoms with Gasteiger partial charge in [0.2, 0.25) is 0 Å². The summed E-state index contributed by atoms with van der Waals surface area (Å²) >= 11 is 0. The molecule has 16 nitrogen and oxygen atoms in total. The van der Waals surface area contributed by atoms with Crippen LogP contribution in [0.1, 0.15) is 12.6 Å². The fourth-order valence-corrected chi connectivity index (χ4v) is 5.80. The molecule has 1 aliphatic rings. The quantitative estimate of drug-likeness (QED) is 0.0576. The van der Waals surface area contributed by atoms with Gasteiger partial charge >= 0.3 is 0 Å². The van der Waals surface area contributed by atoms with Gasteiger partial charge < -0.3 is 41.7 Å². The molecule has 0 unspecified atom stereocenters. The Kier molecular flexibility index (Phi) is 18.1. The molecule has 0 radical (unpaired) electrons. The highest BCUT2D eigenvalue weighted by Crippen LogP contribution is 2.24. The Morgan fingerprint density at radius 2 is 0.984 bits per heavy atom. The molecule has 1 aliphatic heterocycles. The van der Waals surface area contributed by atoms with E-state index in [1.807, 2.05) is 67.6 Å². The molecule has 0 saturated carbocycles. The minimum atomic E-state index is -1.57. The van der Waals surface area contributed by atoms with E-state index in [4.69, 9.17) is 51.4 Å². The van der Waals surface area contributed by atoms with E-state index < -0.39 is 43.1 Å². The van der Waals surface area contributed by atoms with Crippen LogP contribution in [-0.4, -0.2) is 107 Å². The third kappa shape index (κ3) is 13.4. The van der Waals surface area contributed by atoms with E-state index in [1.165, 1.54) is 28.5 Å². The number of rotatable bonds is 3. The van der Waals surface area contributed by atoms with Gasteiger partial charge in [0.1, 0.15) is 24.4 Å². The van der Waals surface area contributed by atoms with Gasteiger partial charge in [-0.2, -0.15) is 0 Å². The zero-order valence-corrected chi connectivity index (χ0v) is 33.7.